The lowest BCUT2D eigenvalue weighted by Gasteiger charge is -1.93. The molecule has 66 valence electrons. The van der Waals surface area contributed by atoms with Crippen LogP contribution in [0.15, 0.2) is 23.6 Å². The number of thiophene rings is 1. The Morgan fingerprint density at radius 1 is 1.46 bits per heavy atom. The fraction of sp³-hybridized carbons (Fsp3) is 0.100. The van der Waals surface area contributed by atoms with Crippen molar-refractivity contribution in [1.82, 2.24) is 0 Å². The van der Waals surface area contributed by atoms with Crippen LogP contribution in [0.25, 0.3) is 10.1 Å². The molecule has 0 aliphatic rings. The van der Waals surface area contributed by atoms with Gasteiger partial charge in [-0.3, -0.25) is 4.79 Å². The molecule has 0 radical (unpaired) electrons. The van der Waals surface area contributed by atoms with E-state index in [0.29, 0.717) is 0 Å². The summed E-state index contributed by atoms with van der Waals surface area (Å²) in [6.45, 7) is 1.55. The zero-order valence-electron chi connectivity index (χ0n) is 7.07. The van der Waals surface area contributed by atoms with Gasteiger partial charge in [-0.25, -0.2) is 0 Å². The van der Waals surface area contributed by atoms with Gasteiger partial charge in [0.15, 0.2) is 5.78 Å². The van der Waals surface area contributed by atoms with E-state index in [2.05, 4.69) is 0 Å². The van der Waals surface area contributed by atoms with Gasteiger partial charge in [0.25, 0.3) is 0 Å². The molecule has 0 amide bonds. The first-order valence-electron chi connectivity index (χ1n) is 3.89. The minimum absolute atomic E-state index is 0.0666. The van der Waals surface area contributed by atoms with Crippen molar-refractivity contribution in [3.63, 3.8) is 0 Å². The van der Waals surface area contributed by atoms with E-state index in [9.17, 15) is 9.90 Å². The van der Waals surface area contributed by atoms with Crippen LogP contribution in [0.3, 0.4) is 0 Å². The summed E-state index contributed by atoms with van der Waals surface area (Å²) in [5.41, 5.74) is 0.736. The molecule has 1 aromatic carbocycles. The first kappa shape index (κ1) is 8.26. The number of ketones is 1. The van der Waals surface area contributed by atoms with Gasteiger partial charge in [-0.15, -0.1) is 11.3 Å². The molecule has 0 aliphatic heterocycles. The number of phenols is 1. The Balaban J connectivity index is 2.76. The largest absolute Gasteiger partial charge is 0.508 e. The van der Waals surface area contributed by atoms with Gasteiger partial charge in [0, 0.05) is 21.0 Å². The molecule has 0 aliphatic carbocycles. The maximum Gasteiger partial charge on any atom is 0.161 e. The fourth-order valence-electron chi connectivity index (χ4n) is 1.29. The molecular formula is C10H8O2S. The van der Waals surface area contributed by atoms with E-state index in [1.807, 2.05) is 5.38 Å². The van der Waals surface area contributed by atoms with Crippen LogP contribution >= 0.6 is 11.3 Å². The fourth-order valence-corrected chi connectivity index (χ4v) is 2.32. The van der Waals surface area contributed by atoms with Crippen LogP contribution in [-0.2, 0) is 0 Å². The van der Waals surface area contributed by atoms with Crippen molar-refractivity contribution in [2.45, 2.75) is 6.92 Å². The number of carbonyl (C=O) groups excluding carboxylic acids is 1. The van der Waals surface area contributed by atoms with E-state index in [1.54, 1.807) is 25.1 Å². The van der Waals surface area contributed by atoms with Gasteiger partial charge in [-0.1, -0.05) is 0 Å². The van der Waals surface area contributed by atoms with Gasteiger partial charge in [0.2, 0.25) is 0 Å². The average Bonchev–Trinajstić information content (AvgIpc) is 2.46. The Hall–Kier alpha value is -1.35. The van der Waals surface area contributed by atoms with Gasteiger partial charge >= 0.3 is 0 Å². The van der Waals surface area contributed by atoms with Crippen molar-refractivity contribution >= 4 is 27.2 Å². The summed E-state index contributed by atoms with van der Waals surface area (Å²) in [6, 6.07) is 5.05. The number of benzene rings is 1. The molecule has 0 saturated carbocycles. The van der Waals surface area contributed by atoms with Crippen LogP contribution < -0.4 is 0 Å². The monoisotopic (exact) mass is 192 g/mol. The Bertz CT molecular complexity index is 471. The molecule has 0 fully saturated rings. The highest BCUT2D eigenvalue weighted by molar-refractivity contribution is 7.17. The van der Waals surface area contributed by atoms with Crippen LogP contribution in [0.1, 0.15) is 17.3 Å². The third kappa shape index (κ3) is 1.31. The zero-order chi connectivity index (χ0) is 9.42. The minimum atomic E-state index is 0.0666. The number of aromatic hydroxyl groups is 1. The molecule has 0 bridgehead atoms. The lowest BCUT2D eigenvalue weighted by molar-refractivity contribution is 0.101. The third-order valence-electron chi connectivity index (χ3n) is 1.94. The highest BCUT2D eigenvalue weighted by Crippen LogP contribution is 2.29. The summed E-state index contributed by atoms with van der Waals surface area (Å²) in [6.07, 6.45) is 0. The van der Waals surface area contributed by atoms with Gasteiger partial charge in [0.1, 0.15) is 5.75 Å². The van der Waals surface area contributed by atoms with Crippen molar-refractivity contribution in [3.05, 3.63) is 29.1 Å². The van der Waals surface area contributed by atoms with Crippen LogP contribution in [0, 0.1) is 0 Å². The van der Waals surface area contributed by atoms with Crippen molar-refractivity contribution in [3.8, 4) is 5.75 Å². The van der Waals surface area contributed by atoms with Gasteiger partial charge in [-0.2, -0.15) is 0 Å². The van der Waals surface area contributed by atoms with Crippen LogP contribution in [0.2, 0.25) is 0 Å². The summed E-state index contributed by atoms with van der Waals surface area (Å²) in [5.74, 6) is 0.307. The predicted octanol–water partition coefficient (Wildman–Crippen LogP) is 2.81. The highest BCUT2D eigenvalue weighted by Gasteiger charge is 2.07. The SMILES string of the molecule is CC(=O)c1csc2cc(O)ccc12. The first-order valence-corrected chi connectivity index (χ1v) is 4.77. The number of phenolic OH excluding ortho intramolecular Hbond substituents is 1. The molecular weight excluding hydrogens is 184 g/mol. The molecule has 2 nitrogen and oxygen atoms in total. The quantitative estimate of drug-likeness (QED) is 0.705. The molecule has 0 atom stereocenters. The Labute approximate surface area is 79.4 Å². The second-order valence-electron chi connectivity index (χ2n) is 2.89. The molecule has 1 heterocycles. The van der Waals surface area contributed by atoms with Gasteiger partial charge in [0.05, 0.1) is 0 Å². The van der Waals surface area contributed by atoms with Crippen LogP contribution in [0.5, 0.6) is 5.75 Å². The van der Waals surface area contributed by atoms with E-state index in [4.69, 9.17) is 0 Å². The molecule has 1 N–H and O–H groups in total. The van der Waals surface area contributed by atoms with Crippen LogP contribution in [0.4, 0.5) is 0 Å². The van der Waals surface area contributed by atoms with E-state index in [1.165, 1.54) is 11.3 Å². The maximum atomic E-state index is 11.1. The van der Waals surface area contributed by atoms with Crippen molar-refractivity contribution in [2.75, 3.05) is 0 Å². The lowest BCUT2D eigenvalue weighted by atomic mass is 10.1. The number of hydrogen-bond donors (Lipinski definition) is 1. The summed E-state index contributed by atoms with van der Waals surface area (Å²) >= 11 is 1.48. The van der Waals surface area contributed by atoms with Crippen molar-refractivity contribution in [2.24, 2.45) is 0 Å². The number of Topliss-reactive ketones (excluding diaryl/α,β-unsaturated/α-hetero) is 1. The van der Waals surface area contributed by atoms with Crippen molar-refractivity contribution in [1.29, 1.82) is 0 Å². The Morgan fingerprint density at radius 3 is 2.92 bits per heavy atom. The van der Waals surface area contributed by atoms with Gasteiger partial charge < -0.3 is 5.11 Å². The molecule has 2 aromatic rings. The number of hydrogen-bond acceptors (Lipinski definition) is 3. The van der Waals surface area contributed by atoms with E-state index < -0.39 is 0 Å². The smallest absolute Gasteiger partial charge is 0.161 e. The molecule has 0 unspecified atom stereocenters. The number of rotatable bonds is 1. The van der Waals surface area contributed by atoms with E-state index in [-0.39, 0.29) is 11.5 Å². The lowest BCUT2D eigenvalue weighted by Crippen LogP contribution is -1.87. The second kappa shape index (κ2) is 2.85. The summed E-state index contributed by atoms with van der Waals surface area (Å²) in [5, 5.41) is 12.0. The molecule has 3 heteroatoms. The topological polar surface area (TPSA) is 37.3 Å². The normalized spacial score (nSPS) is 10.5. The summed E-state index contributed by atoms with van der Waals surface area (Å²) < 4.78 is 0.949. The average molecular weight is 192 g/mol. The number of carbonyl (C=O) groups is 1. The molecule has 2 rings (SSSR count). The molecule has 0 spiro atoms. The Morgan fingerprint density at radius 2 is 2.23 bits per heavy atom. The van der Waals surface area contributed by atoms with E-state index in [0.717, 1.165) is 15.6 Å². The summed E-state index contributed by atoms with van der Waals surface area (Å²) in [4.78, 5) is 11.1. The molecule has 1 aromatic heterocycles. The minimum Gasteiger partial charge on any atom is -0.508 e. The van der Waals surface area contributed by atoms with Crippen molar-refractivity contribution < 1.29 is 9.90 Å². The first-order chi connectivity index (χ1) is 6.18. The molecule has 0 saturated heterocycles. The molecule has 13 heavy (non-hydrogen) atoms. The second-order valence-corrected chi connectivity index (χ2v) is 3.80. The maximum absolute atomic E-state index is 11.1. The number of fused-ring (bicyclic) bond motifs is 1. The third-order valence-corrected chi connectivity index (χ3v) is 2.88. The highest BCUT2D eigenvalue weighted by atomic mass is 32.1. The zero-order valence-corrected chi connectivity index (χ0v) is 7.89. The predicted molar refractivity (Wildman–Crippen MR) is 53.5 cm³/mol. The van der Waals surface area contributed by atoms with Crippen LogP contribution in [-0.4, -0.2) is 10.9 Å². The van der Waals surface area contributed by atoms with Gasteiger partial charge in [-0.05, 0) is 25.1 Å². The van der Waals surface area contributed by atoms with E-state index >= 15 is 0 Å². The summed E-state index contributed by atoms with van der Waals surface area (Å²) in [7, 11) is 0. The standard InChI is InChI=1S/C10H8O2S/c1-6(11)9-5-13-10-4-7(12)2-3-8(9)10/h2-5,12H,1H3. The Kier molecular flexibility index (Phi) is 1.81.